The molecule has 146 valence electrons. The molecule has 0 bridgehead atoms. The summed E-state index contributed by atoms with van der Waals surface area (Å²) in [5, 5.41) is 7.41. The van der Waals surface area contributed by atoms with Gasteiger partial charge in [0.25, 0.3) is 0 Å². The van der Waals surface area contributed by atoms with Crippen molar-refractivity contribution in [3.63, 3.8) is 0 Å². The number of rotatable bonds is 6. The van der Waals surface area contributed by atoms with E-state index in [0.717, 1.165) is 27.5 Å². The lowest BCUT2D eigenvalue weighted by molar-refractivity contribution is 0.0601. The number of anilines is 1. The molecule has 0 saturated heterocycles. The Balaban J connectivity index is 2.19. The Labute approximate surface area is 168 Å². The molecule has 2 rings (SSSR count). The molecule has 8 heteroatoms. The van der Waals surface area contributed by atoms with Gasteiger partial charge >= 0.3 is 5.97 Å². The lowest BCUT2D eigenvalue weighted by Gasteiger charge is -2.20. The van der Waals surface area contributed by atoms with E-state index in [2.05, 4.69) is 10.6 Å². The number of nitrogens with one attached hydrogen (secondary N) is 2. The van der Waals surface area contributed by atoms with E-state index in [1.54, 1.807) is 14.2 Å². The number of methoxy groups -OCH3 is 3. The maximum absolute atomic E-state index is 12.1. The molecule has 1 atom stereocenters. The first-order chi connectivity index (χ1) is 12.8. The molecule has 1 aromatic carbocycles. The van der Waals surface area contributed by atoms with E-state index in [9.17, 15) is 4.79 Å². The molecule has 1 unspecified atom stereocenters. The van der Waals surface area contributed by atoms with Crippen molar-refractivity contribution in [1.82, 2.24) is 5.32 Å². The van der Waals surface area contributed by atoms with Gasteiger partial charge in [-0.05, 0) is 56.8 Å². The zero-order valence-electron chi connectivity index (χ0n) is 16.3. The Hall–Kier alpha value is -2.32. The fraction of sp³-hybridized carbons (Fsp3) is 0.368. The Morgan fingerprint density at radius 2 is 1.89 bits per heavy atom. The van der Waals surface area contributed by atoms with Gasteiger partial charge in [-0.1, -0.05) is 0 Å². The quantitative estimate of drug-likeness (QED) is 0.548. The van der Waals surface area contributed by atoms with E-state index in [0.29, 0.717) is 15.7 Å². The van der Waals surface area contributed by atoms with Crippen LogP contribution in [0.25, 0.3) is 0 Å². The molecule has 0 radical (unpaired) electrons. The van der Waals surface area contributed by atoms with Crippen LogP contribution in [-0.2, 0) is 4.74 Å². The van der Waals surface area contributed by atoms with Gasteiger partial charge in [0.1, 0.15) is 16.5 Å². The number of thiophene rings is 1. The lowest BCUT2D eigenvalue weighted by atomic mass is 10.1. The minimum absolute atomic E-state index is 0.140. The fourth-order valence-electron chi connectivity index (χ4n) is 2.65. The third-order valence-electron chi connectivity index (χ3n) is 4.25. The zero-order chi connectivity index (χ0) is 20.1. The van der Waals surface area contributed by atoms with Crippen molar-refractivity contribution in [3.05, 3.63) is 39.8 Å². The summed E-state index contributed by atoms with van der Waals surface area (Å²) in [6.45, 7) is 5.82. The molecule has 1 aromatic heterocycles. The second-order valence-corrected chi connectivity index (χ2v) is 7.54. The molecule has 2 N–H and O–H groups in total. The summed E-state index contributed by atoms with van der Waals surface area (Å²) in [5.74, 6) is 1.08. The van der Waals surface area contributed by atoms with Gasteiger partial charge in [0.2, 0.25) is 0 Å². The van der Waals surface area contributed by atoms with Crippen LogP contribution in [0.2, 0.25) is 0 Å². The Morgan fingerprint density at radius 1 is 1.19 bits per heavy atom. The first-order valence-electron chi connectivity index (χ1n) is 8.30. The minimum Gasteiger partial charge on any atom is -0.497 e. The van der Waals surface area contributed by atoms with Crippen LogP contribution in [0.5, 0.6) is 11.5 Å². The molecule has 2 aromatic rings. The number of ether oxygens (including phenoxy) is 3. The third-order valence-corrected chi connectivity index (χ3v) is 5.60. The summed E-state index contributed by atoms with van der Waals surface area (Å²) in [6.07, 6.45) is 0. The second kappa shape index (κ2) is 9.05. The van der Waals surface area contributed by atoms with Crippen molar-refractivity contribution in [3.8, 4) is 11.5 Å². The van der Waals surface area contributed by atoms with Crippen LogP contribution in [0.4, 0.5) is 5.00 Å². The van der Waals surface area contributed by atoms with E-state index >= 15 is 0 Å². The lowest BCUT2D eigenvalue weighted by Crippen LogP contribution is -2.31. The Morgan fingerprint density at radius 3 is 2.48 bits per heavy atom. The topological polar surface area (TPSA) is 68.8 Å². The molecule has 0 aliphatic carbocycles. The summed E-state index contributed by atoms with van der Waals surface area (Å²) in [6, 6.07) is 5.45. The van der Waals surface area contributed by atoms with Gasteiger partial charge in [0, 0.05) is 10.4 Å². The molecule has 0 spiro atoms. The van der Waals surface area contributed by atoms with Crippen molar-refractivity contribution in [1.29, 1.82) is 0 Å². The Kier molecular flexibility index (Phi) is 7.04. The standard InChI is InChI=1S/C19H24N2O4S2/c1-10-12(3)27-17(16(10)18(22)25-6)21-19(26)20-11(2)14-9-13(23-4)7-8-15(14)24-5/h7-9,11H,1-6H3,(H2,20,21,26). The van der Waals surface area contributed by atoms with Crippen LogP contribution in [0.3, 0.4) is 0 Å². The van der Waals surface area contributed by atoms with Gasteiger partial charge in [0.05, 0.1) is 32.9 Å². The predicted octanol–water partition coefficient (Wildman–Crippen LogP) is 4.22. The van der Waals surface area contributed by atoms with Crippen LogP contribution >= 0.6 is 23.6 Å². The number of aryl methyl sites for hydroxylation is 1. The van der Waals surface area contributed by atoms with Crippen LogP contribution in [0, 0.1) is 13.8 Å². The fourth-order valence-corrected chi connectivity index (χ4v) is 4.05. The minimum atomic E-state index is -0.385. The summed E-state index contributed by atoms with van der Waals surface area (Å²) in [5.41, 5.74) is 2.31. The average Bonchev–Trinajstić information content (AvgIpc) is 2.93. The van der Waals surface area contributed by atoms with Gasteiger partial charge in [0.15, 0.2) is 5.11 Å². The largest absolute Gasteiger partial charge is 0.497 e. The molecule has 1 heterocycles. The maximum Gasteiger partial charge on any atom is 0.341 e. The highest BCUT2D eigenvalue weighted by atomic mass is 32.1. The zero-order valence-corrected chi connectivity index (χ0v) is 17.9. The van der Waals surface area contributed by atoms with Crippen molar-refractivity contribution >= 4 is 39.6 Å². The van der Waals surface area contributed by atoms with Crippen molar-refractivity contribution < 1.29 is 19.0 Å². The first-order valence-corrected chi connectivity index (χ1v) is 9.52. The smallest absolute Gasteiger partial charge is 0.341 e. The molecule has 0 aliphatic heterocycles. The molecular formula is C19H24N2O4S2. The monoisotopic (exact) mass is 408 g/mol. The van der Waals surface area contributed by atoms with E-state index in [-0.39, 0.29) is 12.0 Å². The average molecular weight is 409 g/mol. The first kappa shape index (κ1) is 21.0. The highest BCUT2D eigenvalue weighted by molar-refractivity contribution is 7.80. The van der Waals surface area contributed by atoms with Crippen LogP contribution in [-0.4, -0.2) is 32.4 Å². The maximum atomic E-state index is 12.1. The van der Waals surface area contributed by atoms with Crippen LogP contribution in [0.1, 0.15) is 39.3 Å². The number of benzene rings is 1. The van der Waals surface area contributed by atoms with Crippen LogP contribution in [0.15, 0.2) is 18.2 Å². The van der Waals surface area contributed by atoms with Crippen molar-refractivity contribution in [2.75, 3.05) is 26.6 Å². The number of esters is 1. The molecule has 0 fully saturated rings. The molecule has 6 nitrogen and oxygen atoms in total. The van der Waals surface area contributed by atoms with Gasteiger partial charge in [-0.2, -0.15) is 0 Å². The second-order valence-electron chi connectivity index (χ2n) is 5.91. The van der Waals surface area contributed by atoms with Gasteiger partial charge < -0.3 is 24.8 Å². The summed E-state index contributed by atoms with van der Waals surface area (Å²) in [7, 11) is 4.60. The van der Waals surface area contributed by atoms with Crippen LogP contribution < -0.4 is 20.1 Å². The number of hydrogen-bond donors (Lipinski definition) is 2. The Bertz CT molecular complexity index is 848. The third kappa shape index (κ3) is 4.70. The van der Waals surface area contributed by atoms with E-state index in [1.807, 2.05) is 39.0 Å². The van der Waals surface area contributed by atoms with Gasteiger partial charge in [-0.3, -0.25) is 0 Å². The normalized spacial score (nSPS) is 11.5. The van der Waals surface area contributed by atoms with Crippen molar-refractivity contribution in [2.24, 2.45) is 0 Å². The molecule has 27 heavy (non-hydrogen) atoms. The summed E-state index contributed by atoms with van der Waals surface area (Å²) >= 11 is 6.91. The summed E-state index contributed by atoms with van der Waals surface area (Å²) in [4.78, 5) is 13.1. The molecular weight excluding hydrogens is 384 g/mol. The highest BCUT2D eigenvalue weighted by Crippen LogP contribution is 2.33. The van der Waals surface area contributed by atoms with E-state index < -0.39 is 0 Å². The number of hydrogen-bond acceptors (Lipinski definition) is 6. The summed E-state index contributed by atoms with van der Waals surface area (Å²) < 4.78 is 15.6. The van der Waals surface area contributed by atoms with Gasteiger partial charge in [-0.15, -0.1) is 11.3 Å². The van der Waals surface area contributed by atoms with E-state index in [1.165, 1.54) is 18.4 Å². The number of thiocarbonyl (C=S) groups is 1. The SMILES string of the molecule is COC(=O)c1c(NC(=S)NC(C)c2cc(OC)ccc2OC)sc(C)c1C. The number of carbonyl (C=O) groups is 1. The van der Waals surface area contributed by atoms with Gasteiger partial charge in [-0.25, -0.2) is 4.79 Å². The predicted molar refractivity (Wildman–Crippen MR) is 112 cm³/mol. The number of carbonyl (C=O) groups excluding carboxylic acids is 1. The highest BCUT2D eigenvalue weighted by Gasteiger charge is 2.21. The molecule has 0 aliphatic rings. The van der Waals surface area contributed by atoms with E-state index in [4.69, 9.17) is 26.4 Å². The molecule has 0 amide bonds. The van der Waals surface area contributed by atoms with Crippen molar-refractivity contribution in [2.45, 2.75) is 26.8 Å². The molecule has 0 saturated carbocycles.